The summed E-state index contributed by atoms with van der Waals surface area (Å²) in [6.07, 6.45) is 5.00. The van der Waals surface area contributed by atoms with Gasteiger partial charge in [-0.15, -0.1) is 0 Å². The number of carbonyl (C=O) groups is 4. The molecule has 3 fully saturated rings. The second kappa shape index (κ2) is 11.7. The number of aliphatic hydroxyl groups is 2. The van der Waals surface area contributed by atoms with Gasteiger partial charge in [0.1, 0.15) is 5.60 Å². The number of fused-ring (bicyclic) bond motifs is 5. The Morgan fingerprint density at radius 2 is 1.81 bits per heavy atom. The van der Waals surface area contributed by atoms with Crippen LogP contribution in [0.15, 0.2) is 29.8 Å². The molecule has 0 heterocycles. The molecule has 1 aromatic rings. The van der Waals surface area contributed by atoms with Crippen molar-refractivity contribution < 1.29 is 44.3 Å². The first-order chi connectivity index (χ1) is 20.3. The SMILES string of the molecule is CC12CCC(=O)C=C1CCC1C2C(O)CC2(C)C1CCC2(O)C(=O)COC(=O)CCC(=O)NCCc1ccc(O)c(O)c1. The number of ketones is 2. The first-order valence-electron chi connectivity index (χ1n) is 15.4. The number of amides is 1. The molecule has 234 valence electrons. The number of carbonyl (C=O) groups excluding carboxylic acids is 4. The van der Waals surface area contributed by atoms with Crippen LogP contribution in [-0.2, 0) is 30.3 Å². The van der Waals surface area contributed by atoms with Crippen molar-refractivity contribution in [1.82, 2.24) is 5.32 Å². The van der Waals surface area contributed by atoms with E-state index in [0.29, 0.717) is 25.7 Å². The lowest BCUT2D eigenvalue weighted by Crippen LogP contribution is -2.62. The Morgan fingerprint density at radius 1 is 1.05 bits per heavy atom. The third-order valence-electron chi connectivity index (χ3n) is 11.2. The number of hydrogen-bond donors (Lipinski definition) is 5. The molecule has 5 N–H and O–H groups in total. The smallest absolute Gasteiger partial charge is 0.306 e. The first-order valence-corrected chi connectivity index (χ1v) is 15.4. The number of phenolic OH excluding ortho intramolecular Hbond substituents is 2. The summed E-state index contributed by atoms with van der Waals surface area (Å²) in [6.45, 7) is 3.71. The molecule has 0 spiro atoms. The van der Waals surface area contributed by atoms with Gasteiger partial charge in [0.25, 0.3) is 0 Å². The molecule has 3 saturated carbocycles. The summed E-state index contributed by atoms with van der Waals surface area (Å²) in [5.41, 5.74) is -1.02. The van der Waals surface area contributed by atoms with Gasteiger partial charge in [-0.1, -0.05) is 25.5 Å². The van der Waals surface area contributed by atoms with Crippen molar-refractivity contribution in [3.05, 3.63) is 35.4 Å². The number of ether oxygens (including phenoxy) is 1. The number of aromatic hydroxyl groups is 2. The minimum atomic E-state index is -1.73. The minimum absolute atomic E-state index is 0.0239. The summed E-state index contributed by atoms with van der Waals surface area (Å²) < 4.78 is 5.20. The van der Waals surface area contributed by atoms with Crippen LogP contribution in [0.4, 0.5) is 0 Å². The van der Waals surface area contributed by atoms with Crippen molar-refractivity contribution in [3.8, 4) is 11.5 Å². The van der Waals surface area contributed by atoms with Crippen LogP contribution in [0.2, 0.25) is 0 Å². The summed E-state index contributed by atoms with van der Waals surface area (Å²) in [4.78, 5) is 50.1. The van der Waals surface area contributed by atoms with Crippen LogP contribution in [0.5, 0.6) is 11.5 Å². The third-order valence-corrected chi connectivity index (χ3v) is 11.2. The van der Waals surface area contributed by atoms with Gasteiger partial charge in [0, 0.05) is 24.8 Å². The van der Waals surface area contributed by atoms with Crippen LogP contribution in [0.3, 0.4) is 0 Å². The van der Waals surface area contributed by atoms with E-state index in [-0.39, 0.29) is 78.6 Å². The summed E-state index contributed by atoms with van der Waals surface area (Å²) in [5, 5.41) is 44.9. The van der Waals surface area contributed by atoms with Gasteiger partial charge in [-0.2, -0.15) is 0 Å². The number of rotatable bonds is 9. The Hall–Kier alpha value is -3.24. The van der Waals surface area contributed by atoms with E-state index >= 15 is 0 Å². The number of phenols is 2. The van der Waals surface area contributed by atoms with E-state index in [0.717, 1.165) is 24.0 Å². The molecule has 0 bridgehead atoms. The van der Waals surface area contributed by atoms with Crippen LogP contribution in [0, 0.1) is 28.6 Å². The summed E-state index contributed by atoms with van der Waals surface area (Å²) in [5.74, 6) is -1.88. The molecule has 7 unspecified atom stereocenters. The first kappa shape index (κ1) is 31.2. The quantitative estimate of drug-likeness (QED) is 0.212. The molecule has 5 rings (SSSR count). The molecule has 10 nitrogen and oxygen atoms in total. The Balaban J connectivity index is 1.13. The average molecular weight is 598 g/mol. The Bertz CT molecular complexity index is 1340. The standard InChI is InChI=1S/C33H43NO9/c1-31-12-9-21(35)16-20(31)4-5-22-23-10-13-33(42,32(23,2)17-26(38)30(22)31)27(39)18-43-29(41)8-7-28(40)34-14-11-19-3-6-24(36)25(37)15-19/h3,6,15-16,22-23,26,30,36-38,42H,4-5,7-14,17-18H2,1-2H3,(H,34,40). The molecule has 43 heavy (non-hydrogen) atoms. The lowest BCUT2D eigenvalue weighted by atomic mass is 9.45. The van der Waals surface area contributed by atoms with E-state index in [1.165, 1.54) is 12.1 Å². The molecule has 0 aliphatic heterocycles. The van der Waals surface area contributed by atoms with Crippen molar-refractivity contribution in [2.24, 2.45) is 28.6 Å². The van der Waals surface area contributed by atoms with Gasteiger partial charge in [0.2, 0.25) is 11.7 Å². The van der Waals surface area contributed by atoms with Gasteiger partial charge < -0.3 is 30.5 Å². The van der Waals surface area contributed by atoms with E-state index in [2.05, 4.69) is 12.2 Å². The lowest BCUT2D eigenvalue weighted by molar-refractivity contribution is -0.184. The normalized spacial score (nSPS) is 34.8. The maximum absolute atomic E-state index is 13.4. The van der Waals surface area contributed by atoms with Crippen LogP contribution in [-0.4, -0.2) is 68.7 Å². The Morgan fingerprint density at radius 3 is 2.56 bits per heavy atom. The number of hydrogen-bond acceptors (Lipinski definition) is 9. The molecule has 1 aromatic carbocycles. The molecule has 4 aliphatic carbocycles. The molecule has 1 amide bonds. The zero-order chi connectivity index (χ0) is 31.2. The van der Waals surface area contributed by atoms with Crippen LogP contribution >= 0.6 is 0 Å². The predicted molar refractivity (Wildman–Crippen MR) is 155 cm³/mol. The summed E-state index contributed by atoms with van der Waals surface area (Å²) >= 11 is 0. The van der Waals surface area contributed by atoms with Crippen LogP contribution < -0.4 is 5.32 Å². The van der Waals surface area contributed by atoms with Gasteiger partial charge in [0.05, 0.1) is 12.5 Å². The lowest BCUT2D eigenvalue weighted by Gasteiger charge is -2.60. The van der Waals surface area contributed by atoms with Gasteiger partial charge in [-0.25, -0.2) is 0 Å². The molecular formula is C33H43NO9. The number of benzene rings is 1. The van der Waals surface area contributed by atoms with E-state index in [1.54, 1.807) is 12.1 Å². The topological polar surface area (TPSA) is 170 Å². The number of nitrogens with one attached hydrogen (secondary N) is 1. The van der Waals surface area contributed by atoms with Crippen LogP contribution in [0.25, 0.3) is 0 Å². The Kier molecular flexibility index (Phi) is 8.48. The molecule has 7 atom stereocenters. The maximum Gasteiger partial charge on any atom is 0.306 e. The van der Waals surface area contributed by atoms with E-state index in [4.69, 9.17) is 4.74 Å². The second-order valence-electron chi connectivity index (χ2n) is 13.5. The van der Waals surface area contributed by atoms with E-state index in [1.807, 2.05) is 6.92 Å². The van der Waals surface area contributed by atoms with Gasteiger partial charge >= 0.3 is 5.97 Å². The summed E-state index contributed by atoms with van der Waals surface area (Å²) in [7, 11) is 0. The fourth-order valence-corrected chi connectivity index (χ4v) is 8.86. The molecule has 4 aliphatic rings. The third kappa shape index (κ3) is 5.59. The fourth-order valence-electron chi connectivity index (χ4n) is 8.86. The number of allylic oxidation sites excluding steroid dienone is 1. The highest BCUT2D eigenvalue weighted by Crippen LogP contribution is 2.67. The zero-order valence-corrected chi connectivity index (χ0v) is 24.9. The van der Waals surface area contributed by atoms with Crippen molar-refractivity contribution in [2.75, 3.05) is 13.2 Å². The number of aliphatic hydroxyl groups excluding tert-OH is 1. The van der Waals surface area contributed by atoms with Crippen molar-refractivity contribution in [1.29, 1.82) is 0 Å². The van der Waals surface area contributed by atoms with Crippen LogP contribution in [0.1, 0.15) is 77.2 Å². The van der Waals surface area contributed by atoms with Gasteiger partial charge in [-0.05, 0) is 91.9 Å². The van der Waals surface area contributed by atoms with Gasteiger partial charge in [-0.3, -0.25) is 19.2 Å². The largest absolute Gasteiger partial charge is 0.504 e. The monoisotopic (exact) mass is 597 g/mol. The van der Waals surface area contributed by atoms with Crippen molar-refractivity contribution in [2.45, 2.75) is 89.8 Å². The van der Waals surface area contributed by atoms with Crippen molar-refractivity contribution in [3.63, 3.8) is 0 Å². The minimum Gasteiger partial charge on any atom is -0.504 e. The highest BCUT2D eigenvalue weighted by Gasteiger charge is 2.68. The number of Topliss-reactive ketones (excluding diaryl/α,β-unsaturated/α-hetero) is 1. The number of esters is 1. The average Bonchev–Trinajstić information content (AvgIpc) is 3.23. The Labute approximate surface area is 251 Å². The molecule has 0 saturated heterocycles. The summed E-state index contributed by atoms with van der Waals surface area (Å²) in [6, 6.07) is 4.40. The molecule has 0 aromatic heterocycles. The predicted octanol–water partition coefficient (Wildman–Crippen LogP) is 2.88. The van der Waals surface area contributed by atoms with Crippen molar-refractivity contribution >= 4 is 23.4 Å². The molecule has 10 heteroatoms. The molecular weight excluding hydrogens is 554 g/mol. The molecule has 0 radical (unpaired) electrons. The zero-order valence-electron chi connectivity index (χ0n) is 24.9. The second-order valence-corrected chi connectivity index (χ2v) is 13.5. The van der Waals surface area contributed by atoms with E-state index in [9.17, 15) is 39.6 Å². The van der Waals surface area contributed by atoms with E-state index < -0.39 is 35.5 Å². The highest BCUT2D eigenvalue weighted by molar-refractivity contribution is 5.92. The van der Waals surface area contributed by atoms with Gasteiger partial charge in [0.15, 0.2) is 23.9 Å². The fraction of sp³-hybridized carbons (Fsp3) is 0.636. The highest BCUT2D eigenvalue weighted by atomic mass is 16.5. The maximum atomic E-state index is 13.4.